The largest absolute Gasteiger partial charge is 0.288 e. The van der Waals surface area contributed by atoms with E-state index in [1.807, 2.05) is 29.1 Å². The Labute approximate surface area is 98.5 Å². The van der Waals surface area contributed by atoms with Gasteiger partial charge in [0.1, 0.15) is 0 Å². The third-order valence-corrected chi connectivity index (χ3v) is 4.56. The van der Waals surface area contributed by atoms with Crippen molar-refractivity contribution in [3.05, 3.63) is 42.7 Å². The van der Waals surface area contributed by atoms with E-state index in [-0.39, 0.29) is 5.78 Å². The van der Waals surface area contributed by atoms with E-state index < -0.39 is 0 Å². The summed E-state index contributed by atoms with van der Waals surface area (Å²) in [6.45, 7) is 2.00. The zero-order chi connectivity index (χ0) is 10.1. The maximum absolute atomic E-state index is 11.9. The summed E-state index contributed by atoms with van der Waals surface area (Å²) in [6.07, 6.45) is 0. The van der Waals surface area contributed by atoms with E-state index in [9.17, 15) is 4.79 Å². The van der Waals surface area contributed by atoms with Gasteiger partial charge in [0.25, 0.3) is 0 Å². The number of hydrogen-bond donors (Lipinski definition) is 0. The van der Waals surface area contributed by atoms with Gasteiger partial charge in [-0.05, 0) is 39.9 Å². The molecule has 2 heterocycles. The summed E-state index contributed by atoms with van der Waals surface area (Å²) >= 11 is 6.40. The number of halogens is 1. The minimum Gasteiger partial charge on any atom is -0.288 e. The Kier molecular flexibility index (Phi) is 2.85. The Bertz CT molecular complexity index is 470. The molecule has 0 spiro atoms. The van der Waals surface area contributed by atoms with Crippen LogP contribution in [0.3, 0.4) is 0 Å². The van der Waals surface area contributed by atoms with Crippen LogP contribution in [0, 0.1) is 6.92 Å². The normalized spacial score (nSPS) is 10.4. The van der Waals surface area contributed by atoms with Crippen molar-refractivity contribution in [2.75, 3.05) is 0 Å². The van der Waals surface area contributed by atoms with Gasteiger partial charge in [0.2, 0.25) is 5.78 Å². The SMILES string of the molecule is Cc1csc(C(=O)c2cscc2Br)c1. The molecule has 0 aliphatic heterocycles. The second-order valence-corrected chi connectivity index (χ2v) is 5.46. The highest BCUT2D eigenvalue weighted by atomic mass is 79.9. The molecule has 14 heavy (non-hydrogen) atoms. The molecule has 0 fully saturated rings. The lowest BCUT2D eigenvalue weighted by Crippen LogP contribution is -1.96. The summed E-state index contributed by atoms with van der Waals surface area (Å²) in [5.41, 5.74) is 1.90. The van der Waals surface area contributed by atoms with Crippen LogP contribution in [0.4, 0.5) is 0 Å². The molecule has 0 atom stereocenters. The standard InChI is InChI=1S/C10H7BrOS2/c1-6-2-9(14-3-6)10(12)7-4-13-5-8(7)11/h2-5H,1H3. The fourth-order valence-electron chi connectivity index (χ4n) is 1.13. The lowest BCUT2D eigenvalue weighted by atomic mass is 10.2. The Hall–Kier alpha value is -0.450. The van der Waals surface area contributed by atoms with Crippen LogP contribution in [0.1, 0.15) is 20.8 Å². The third kappa shape index (κ3) is 1.82. The van der Waals surface area contributed by atoms with E-state index in [0.717, 1.165) is 20.5 Å². The number of carbonyl (C=O) groups excluding carboxylic acids is 1. The second-order valence-electron chi connectivity index (χ2n) is 2.95. The van der Waals surface area contributed by atoms with Crippen LogP contribution in [0.25, 0.3) is 0 Å². The third-order valence-electron chi connectivity index (χ3n) is 1.81. The highest BCUT2D eigenvalue weighted by Gasteiger charge is 2.14. The van der Waals surface area contributed by atoms with Crippen LogP contribution in [0.5, 0.6) is 0 Å². The van der Waals surface area contributed by atoms with E-state index in [4.69, 9.17) is 0 Å². The smallest absolute Gasteiger partial charge is 0.204 e. The van der Waals surface area contributed by atoms with Gasteiger partial charge in [-0.25, -0.2) is 0 Å². The topological polar surface area (TPSA) is 17.1 Å². The molecule has 0 saturated heterocycles. The average Bonchev–Trinajstić information content (AvgIpc) is 2.73. The van der Waals surface area contributed by atoms with Crippen LogP contribution >= 0.6 is 38.6 Å². The summed E-state index contributed by atoms with van der Waals surface area (Å²) in [7, 11) is 0. The van der Waals surface area contributed by atoms with Gasteiger partial charge in [-0.2, -0.15) is 11.3 Å². The van der Waals surface area contributed by atoms with Gasteiger partial charge < -0.3 is 0 Å². The zero-order valence-electron chi connectivity index (χ0n) is 7.41. The molecule has 2 aromatic heterocycles. The van der Waals surface area contributed by atoms with Gasteiger partial charge in [-0.3, -0.25) is 4.79 Å². The number of thiophene rings is 2. The van der Waals surface area contributed by atoms with Crippen molar-refractivity contribution in [1.82, 2.24) is 0 Å². The van der Waals surface area contributed by atoms with Crippen LogP contribution in [-0.4, -0.2) is 5.78 Å². The lowest BCUT2D eigenvalue weighted by Gasteiger charge is -1.93. The number of ketones is 1. The van der Waals surface area contributed by atoms with Gasteiger partial charge in [0.05, 0.1) is 4.88 Å². The number of aryl methyl sites for hydroxylation is 1. The molecule has 0 aliphatic rings. The predicted octanol–water partition coefficient (Wildman–Crippen LogP) is 4.11. The van der Waals surface area contributed by atoms with Gasteiger partial charge in [-0.1, -0.05) is 0 Å². The number of hydrogen-bond acceptors (Lipinski definition) is 3. The van der Waals surface area contributed by atoms with Crippen molar-refractivity contribution < 1.29 is 4.79 Å². The second kappa shape index (κ2) is 3.96. The van der Waals surface area contributed by atoms with Crippen molar-refractivity contribution in [3.63, 3.8) is 0 Å². The van der Waals surface area contributed by atoms with Gasteiger partial charge in [-0.15, -0.1) is 11.3 Å². The van der Waals surface area contributed by atoms with E-state index in [0.29, 0.717) is 0 Å². The van der Waals surface area contributed by atoms with E-state index in [1.165, 1.54) is 22.7 Å². The summed E-state index contributed by atoms with van der Waals surface area (Å²) in [5, 5.41) is 5.79. The molecule has 2 aromatic rings. The molecule has 0 aromatic carbocycles. The van der Waals surface area contributed by atoms with Crippen molar-refractivity contribution in [1.29, 1.82) is 0 Å². The molecule has 0 bridgehead atoms. The first-order valence-electron chi connectivity index (χ1n) is 4.00. The first kappa shape index (κ1) is 10.1. The van der Waals surface area contributed by atoms with Crippen LogP contribution < -0.4 is 0 Å². The van der Waals surface area contributed by atoms with Gasteiger partial charge in [0, 0.05) is 20.8 Å². The molecule has 0 radical (unpaired) electrons. The molecule has 4 heteroatoms. The predicted molar refractivity (Wildman–Crippen MR) is 64.5 cm³/mol. The quantitative estimate of drug-likeness (QED) is 0.760. The zero-order valence-corrected chi connectivity index (χ0v) is 10.6. The lowest BCUT2D eigenvalue weighted by molar-refractivity contribution is 0.104. The van der Waals surface area contributed by atoms with Crippen molar-refractivity contribution >= 4 is 44.4 Å². The summed E-state index contributed by atoms with van der Waals surface area (Å²) < 4.78 is 0.888. The molecule has 0 N–H and O–H groups in total. The molecule has 0 aliphatic carbocycles. The maximum atomic E-state index is 11.9. The van der Waals surface area contributed by atoms with Gasteiger partial charge >= 0.3 is 0 Å². The highest BCUT2D eigenvalue weighted by molar-refractivity contribution is 9.10. The molecular formula is C10H7BrOS2. The van der Waals surface area contributed by atoms with Crippen LogP contribution in [-0.2, 0) is 0 Å². The summed E-state index contributed by atoms with van der Waals surface area (Å²) in [6, 6.07) is 1.93. The highest BCUT2D eigenvalue weighted by Crippen LogP contribution is 2.26. The van der Waals surface area contributed by atoms with Crippen molar-refractivity contribution in [3.8, 4) is 0 Å². The monoisotopic (exact) mass is 286 g/mol. The molecule has 0 saturated carbocycles. The maximum Gasteiger partial charge on any atom is 0.204 e. The van der Waals surface area contributed by atoms with Crippen LogP contribution in [0.15, 0.2) is 26.7 Å². The molecular weight excluding hydrogens is 280 g/mol. The van der Waals surface area contributed by atoms with E-state index in [1.54, 1.807) is 0 Å². The molecule has 72 valence electrons. The minimum atomic E-state index is 0.108. The molecule has 2 rings (SSSR count). The van der Waals surface area contributed by atoms with Gasteiger partial charge in [0.15, 0.2) is 0 Å². The Morgan fingerprint density at radius 3 is 2.64 bits per heavy atom. The number of rotatable bonds is 2. The molecule has 0 amide bonds. The molecule has 0 unspecified atom stereocenters. The number of carbonyl (C=O) groups is 1. The van der Waals surface area contributed by atoms with E-state index in [2.05, 4.69) is 15.9 Å². The van der Waals surface area contributed by atoms with E-state index >= 15 is 0 Å². The Balaban J connectivity index is 2.38. The summed E-state index contributed by atoms with van der Waals surface area (Å²) in [4.78, 5) is 12.7. The first-order valence-corrected chi connectivity index (χ1v) is 6.61. The van der Waals surface area contributed by atoms with Crippen LogP contribution in [0.2, 0.25) is 0 Å². The minimum absolute atomic E-state index is 0.108. The average molecular weight is 287 g/mol. The Morgan fingerprint density at radius 2 is 2.14 bits per heavy atom. The Morgan fingerprint density at radius 1 is 1.36 bits per heavy atom. The first-order chi connectivity index (χ1) is 6.68. The fraction of sp³-hybridized carbons (Fsp3) is 0.100. The summed E-state index contributed by atoms with van der Waals surface area (Å²) in [5.74, 6) is 0.108. The van der Waals surface area contributed by atoms with Crippen molar-refractivity contribution in [2.24, 2.45) is 0 Å². The fourth-order valence-corrected chi connectivity index (χ4v) is 3.43. The molecule has 1 nitrogen and oxygen atoms in total. The van der Waals surface area contributed by atoms with Crippen molar-refractivity contribution in [2.45, 2.75) is 6.92 Å².